The standard InChI is InChI=1S/C22H16N2O5S2/c25-19(24-20(26)17-5-3-11-28-17)12-29-21(27)15-9-7-14(8-10-15)13-30-22-23-16-4-1-2-6-18(16)31-22/h1-11H,12-13H2,(H,24,25,26). The summed E-state index contributed by atoms with van der Waals surface area (Å²) in [5, 5.41) is 2.08. The van der Waals surface area contributed by atoms with Crippen molar-refractivity contribution < 1.29 is 23.5 Å². The highest BCUT2D eigenvalue weighted by Gasteiger charge is 2.15. The van der Waals surface area contributed by atoms with Crippen LogP contribution in [0.2, 0.25) is 0 Å². The molecule has 0 bridgehead atoms. The molecule has 0 saturated carbocycles. The molecule has 31 heavy (non-hydrogen) atoms. The van der Waals surface area contributed by atoms with E-state index in [0.717, 1.165) is 20.1 Å². The Kier molecular flexibility index (Phi) is 6.44. The molecule has 2 heterocycles. The van der Waals surface area contributed by atoms with E-state index in [1.165, 1.54) is 18.4 Å². The number of rotatable bonds is 7. The summed E-state index contributed by atoms with van der Waals surface area (Å²) in [7, 11) is 0. The lowest BCUT2D eigenvalue weighted by molar-refractivity contribution is -0.123. The molecule has 2 aromatic carbocycles. The Hall–Kier alpha value is -3.43. The van der Waals surface area contributed by atoms with Crippen LogP contribution in [0, 0.1) is 0 Å². The third-order valence-corrected chi connectivity index (χ3v) is 6.41. The molecule has 4 aromatic rings. The first kappa shape index (κ1) is 20.8. The minimum atomic E-state index is -0.737. The molecule has 156 valence electrons. The summed E-state index contributed by atoms with van der Waals surface area (Å²) < 4.78 is 12.0. The average Bonchev–Trinajstić information content (AvgIpc) is 3.46. The van der Waals surface area contributed by atoms with E-state index in [-0.39, 0.29) is 5.76 Å². The molecule has 1 N–H and O–H groups in total. The van der Waals surface area contributed by atoms with Crippen LogP contribution < -0.4 is 5.32 Å². The Labute approximate surface area is 185 Å². The first-order valence-corrected chi connectivity index (χ1v) is 11.0. The number of esters is 1. The number of amides is 2. The van der Waals surface area contributed by atoms with Gasteiger partial charge in [0.15, 0.2) is 16.7 Å². The van der Waals surface area contributed by atoms with Crippen LogP contribution in [0.15, 0.2) is 75.7 Å². The lowest BCUT2D eigenvalue weighted by Gasteiger charge is -2.06. The predicted molar refractivity (Wildman–Crippen MR) is 117 cm³/mol. The largest absolute Gasteiger partial charge is 0.459 e. The van der Waals surface area contributed by atoms with E-state index in [2.05, 4.69) is 10.3 Å². The lowest BCUT2D eigenvalue weighted by atomic mass is 10.1. The maximum absolute atomic E-state index is 12.1. The number of furan rings is 1. The first-order valence-electron chi connectivity index (χ1n) is 9.20. The SMILES string of the molecule is O=C(COC(=O)c1ccc(CSc2nc3ccccc3s2)cc1)NC(=O)c1ccco1. The maximum atomic E-state index is 12.1. The van der Waals surface area contributed by atoms with E-state index >= 15 is 0 Å². The normalized spacial score (nSPS) is 10.7. The number of ether oxygens (including phenoxy) is 1. The van der Waals surface area contributed by atoms with Crippen molar-refractivity contribution in [3.8, 4) is 0 Å². The molecule has 0 spiro atoms. The quantitative estimate of drug-likeness (QED) is 0.330. The van der Waals surface area contributed by atoms with Crippen molar-refractivity contribution in [1.29, 1.82) is 0 Å². The second-order valence-corrected chi connectivity index (χ2v) is 8.62. The first-order chi connectivity index (χ1) is 15.1. The highest BCUT2D eigenvalue weighted by Crippen LogP contribution is 2.31. The van der Waals surface area contributed by atoms with Crippen LogP contribution in [0.25, 0.3) is 10.2 Å². The topological polar surface area (TPSA) is 98.5 Å². The van der Waals surface area contributed by atoms with Gasteiger partial charge in [-0.25, -0.2) is 9.78 Å². The number of nitrogens with one attached hydrogen (secondary N) is 1. The summed E-state index contributed by atoms with van der Waals surface area (Å²) in [6, 6.07) is 17.9. The monoisotopic (exact) mass is 452 g/mol. The number of fused-ring (bicyclic) bond motifs is 1. The summed E-state index contributed by atoms with van der Waals surface area (Å²) >= 11 is 3.28. The fourth-order valence-corrected chi connectivity index (χ4v) is 4.67. The van der Waals surface area contributed by atoms with Gasteiger partial charge >= 0.3 is 5.97 Å². The minimum absolute atomic E-state index is 0.000942. The molecule has 0 atom stereocenters. The number of carbonyl (C=O) groups is 3. The van der Waals surface area contributed by atoms with Gasteiger partial charge in [-0.1, -0.05) is 36.0 Å². The van der Waals surface area contributed by atoms with Crippen LogP contribution in [0.1, 0.15) is 26.5 Å². The Morgan fingerprint density at radius 3 is 2.58 bits per heavy atom. The summed E-state index contributed by atoms with van der Waals surface area (Å²) in [5.74, 6) is -1.36. The number of hydrogen-bond donors (Lipinski definition) is 1. The van der Waals surface area contributed by atoms with E-state index in [4.69, 9.17) is 9.15 Å². The predicted octanol–water partition coefficient (Wildman–Crippen LogP) is 4.30. The number of nitrogens with zero attached hydrogens (tertiary/aromatic N) is 1. The molecule has 2 aromatic heterocycles. The molecule has 9 heteroatoms. The number of para-hydroxylation sites is 1. The number of benzene rings is 2. The zero-order valence-corrected chi connectivity index (χ0v) is 17.7. The molecule has 0 aliphatic rings. The van der Waals surface area contributed by atoms with Crippen LogP contribution in [-0.4, -0.2) is 29.4 Å². The van der Waals surface area contributed by atoms with E-state index in [1.807, 2.05) is 36.4 Å². The third-order valence-electron chi connectivity index (χ3n) is 4.16. The molecule has 0 saturated heterocycles. The Balaban J connectivity index is 1.25. The van der Waals surface area contributed by atoms with Gasteiger partial charge in [0.25, 0.3) is 11.8 Å². The van der Waals surface area contributed by atoms with E-state index < -0.39 is 24.4 Å². The van der Waals surface area contributed by atoms with Gasteiger partial charge in [-0.2, -0.15) is 0 Å². The van der Waals surface area contributed by atoms with E-state index in [1.54, 1.807) is 35.2 Å². The summed E-state index contributed by atoms with van der Waals surface area (Å²) in [4.78, 5) is 40.2. The molecule has 0 aliphatic carbocycles. The van der Waals surface area contributed by atoms with E-state index in [0.29, 0.717) is 11.3 Å². The molecule has 7 nitrogen and oxygen atoms in total. The fourth-order valence-electron chi connectivity index (χ4n) is 2.64. The smallest absolute Gasteiger partial charge is 0.338 e. The highest BCUT2D eigenvalue weighted by atomic mass is 32.2. The Bertz CT molecular complexity index is 1180. The number of carbonyl (C=O) groups excluding carboxylic acids is 3. The molecule has 4 rings (SSSR count). The minimum Gasteiger partial charge on any atom is -0.459 e. The molecule has 0 fully saturated rings. The molecule has 0 unspecified atom stereocenters. The molecule has 2 amide bonds. The van der Waals surface area contributed by atoms with Crippen LogP contribution in [0.4, 0.5) is 0 Å². The van der Waals surface area contributed by atoms with Crippen LogP contribution in [-0.2, 0) is 15.3 Å². The Morgan fingerprint density at radius 1 is 1.03 bits per heavy atom. The highest BCUT2D eigenvalue weighted by molar-refractivity contribution is 8.00. The van der Waals surface area contributed by atoms with Crippen molar-refractivity contribution >= 4 is 51.1 Å². The zero-order valence-electron chi connectivity index (χ0n) is 16.1. The van der Waals surface area contributed by atoms with Crippen LogP contribution in [0.3, 0.4) is 0 Å². The van der Waals surface area contributed by atoms with Crippen molar-refractivity contribution in [1.82, 2.24) is 10.3 Å². The van der Waals surface area contributed by atoms with Gasteiger partial charge in [0.05, 0.1) is 22.0 Å². The van der Waals surface area contributed by atoms with Gasteiger partial charge in [-0.15, -0.1) is 11.3 Å². The van der Waals surface area contributed by atoms with Crippen molar-refractivity contribution in [2.75, 3.05) is 6.61 Å². The van der Waals surface area contributed by atoms with Crippen LogP contribution in [0.5, 0.6) is 0 Å². The van der Waals surface area contributed by atoms with Crippen molar-refractivity contribution in [3.05, 3.63) is 83.8 Å². The fraction of sp³-hybridized carbons (Fsp3) is 0.0909. The number of thioether (sulfide) groups is 1. The van der Waals surface area contributed by atoms with Gasteiger partial charge in [-0.05, 0) is 42.0 Å². The zero-order chi connectivity index (χ0) is 21.6. The number of aromatic nitrogens is 1. The van der Waals surface area contributed by atoms with Gasteiger partial charge in [0.1, 0.15) is 0 Å². The maximum Gasteiger partial charge on any atom is 0.338 e. The van der Waals surface area contributed by atoms with Gasteiger partial charge in [-0.3, -0.25) is 14.9 Å². The van der Waals surface area contributed by atoms with Crippen molar-refractivity contribution in [2.45, 2.75) is 10.1 Å². The van der Waals surface area contributed by atoms with Crippen molar-refractivity contribution in [2.24, 2.45) is 0 Å². The van der Waals surface area contributed by atoms with Gasteiger partial charge in [0, 0.05) is 5.75 Å². The molecular weight excluding hydrogens is 436 g/mol. The van der Waals surface area contributed by atoms with Gasteiger partial charge < -0.3 is 9.15 Å². The summed E-state index contributed by atoms with van der Waals surface area (Å²) in [5.41, 5.74) is 2.34. The van der Waals surface area contributed by atoms with E-state index in [9.17, 15) is 14.4 Å². The summed E-state index contributed by atoms with van der Waals surface area (Å²) in [6.07, 6.45) is 1.32. The van der Waals surface area contributed by atoms with Crippen LogP contribution >= 0.6 is 23.1 Å². The summed E-state index contributed by atoms with van der Waals surface area (Å²) in [6.45, 7) is -0.569. The molecule has 0 aliphatic heterocycles. The van der Waals surface area contributed by atoms with Crippen molar-refractivity contribution in [3.63, 3.8) is 0 Å². The number of thiazole rings is 1. The number of imide groups is 1. The lowest BCUT2D eigenvalue weighted by Crippen LogP contribution is -2.33. The second-order valence-electron chi connectivity index (χ2n) is 6.36. The number of hydrogen-bond acceptors (Lipinski definition) is 8. The second kappa shape index (κ2) is 9.59. The molecular formula is C22H16N2O5S2. The van der Waals surface area contributed by atoms with Gasteiger partial charge in [0.2, 0.25) is 0 Å². The Morgan fingerprint density at radius 2 is 1.84 bits per heavy atom. The molecule has 0 radical (unpaired) electrons. The third kappa shape index (κ3) is 5.39. The average molecular weight is 453 g/mol.